The summed E-state index contributed by atoms with van der Waals surface area (Å²) in [6.45, 7) is 0. The molecule has 0 amide bonds. The molecule has 6 nitrogen and oxygen atoms in total. The molecule has 1 aliphatic carbocycles. The predicted octanol–water partition coefficient (Wildman–Crippen LogP) is 8.39. The molecule has 214 valence electrons. The first kappa shape index (κ1) is 29.3. The fraction of sp³-hybridized carbons (Fsp3) is 0.0625. The highest BCUT2D eigenvalue weighted by atomic mass is 19.4. The van der Waals surface area contributed by atoms with Crippen LogP contribution in [0.2, 0.25) is 0 Å². The van der Waals surface area contributed by atoms with Crippen molar-refractivity contribution in [3.63, 3.8) is 0 Å². The Kier molecular flexibility index (Phi) is 7.23. The van der Waals surface area contributed by atoms with Gasteiger partial charge in [-0.3, -0.25) is 0 Å². The van der Waals surface area contributed by atoms with Gasteiger partial charge in [-0.2, -0.15) is 21.0 Å². The van der Waals surface area contributed by atoms with Gasteiger partial charge in [-0.15, -0.1) is 26.3 Å². The summed E-state index contributed by atoms with van der Waals surface area (Å²) in [5, 5.41) is 39.3. The highest BCUT2D eigenvalue weighted by Crippen LogP contribution is 2.50. The van der Waals surface area contributed by atoms with E-state index in [9.17, 15) is 47.4 Å². The minimum absolute atomic E-state index is 0.0924. The molecule has 0 N–H and O–H groups in total. The van der Waals surface area contributed by atoms with Crippen molar-refractivity contribution < 1.29 is 35.8 Å². The van der Waals surface area contributed by atoms with E-state index >= 15 is 0 Å². The number of alkyl halides is 6. The minimum atomic E-state index is -4.90. The van der Waals surface area contributed by atoms with Gasteiger partial charge >= 0.3 is 12.7 Å². The van der Waals surface area contributed by atoms with Crippen molar-refractivity contribution >= 4 is 5.57 Å². The molecule has 0 aliphatic heterocycles. The van der Waals surface area contributed by atoms with Gasteiger partial charge in [0.25, 0.3) is 0 Å². The average Bonchev–Trinajstić information content (AvgIpc) is 3.28. The molecule has 0 aromatic heterocycles. The number of hydrogen-bond acceptors (Lipinski definition) is 6. The third-order valence-corrected chi connectivity index (χ3v) is 6.66. The van der Waals surface area contributed by atoms with Crippen LogP contribution < -0.4 is 9.47 Å². The lowest BCUT2D eigenvalue weighted by Gasteiger charge is -2.12. The zero-order valence-electron chi connectivity index (χ0n) is 21.8. The Morgan fingerprint density at radius 1 is 0.500 bits per heavy atom. The Bertz CT molecular complexity index is 1870. The maximum absolute atomic E-state index is 12.6. The number of benzene rings is 4. The molecule has 0 spiro atoms. The number of hydrogen-bond donors (Lipinski definition) is 0. The van der Waals surface area contributed by atoms with Gasteiger partial charge in [-0.1, -0.05) is 24.3 Å². The van der Waals surface area contributed by atoms with Crippen molar-refractivity contribution in [2.75, 3.05) is 0 Å². The predicted molar refractivity (Wildman–Crippen MR) is 143 cm³/mol. The van der Waals surface area contributed by atoms with Crippen molar-refractivity contribution in [1.82, 2.24) is 0 Å². The van der Waals surface area contributed by atoms with Crippen LogP contribution in [0.3, 0.4) is 0 Å². The SMILES string of the molecule is N#CC(C#N)=C1c2cc(C#N)c(-c3ccc(OC(F)(F)F)cc3)cc2-c2cc(-c3ccc(OC(F)(F)F)cc3)c(C#N)cc21. The zero-order valence-corrected chi connectivity index (χ0v) is 21.8. The monoisotopic (exact) mass is 598 g/mol. The molecule has 0 fully saturated rings. The van der Waals surface area contributed by atoms with Gasteiger partial charge in [0.05, 0.1) is 23.3 Å². The van der Waals surface area contributed by atoms with E-state index < -0.39 is 24.2 Å². The highest BCUT2D eigenvalue weighted by Gasteiger charge is 2.33. The zero-order chi connectivity index (χ0) is 31.8. The van der Waals surface area contributed by atoms with Gasteiger partial charge in [-0.05, 0) is 81.9 Å². The van der Waals surface area contributed by atoms with E-state index in [1.807, 2.05) is 24.3 Å². The van der Waals surface area contributed by atoms with Crippen LogP contribution >= 0.6 is 0 Å². The van der Waals surface area contributed by atoms with Crippen LogP contribution in [0.25, 0.3) is 39.0 Å². The Labute approximate surface area is 245 Å². The number of nitriles is 4. The fourth-order valence-corrected chi connectivity index (χ4v) is 4.94. The number of halogens is 6. The highest BCUT2D eigenvalue weighted by molar-refractivity contribution is 6.07. The maximum atomic E-state index is 12.6. The molecule has 1 aliphatic rings. The normalized spacial score (nSPS) is 11.7. The summed E-state index contributed by atoms with van der Waals surface area (Å²) in [6, 6.07) is 23.5. The Hall–Kier alpha value is -6.24. The molecule has 44 heavy (non-hydrogen) atoms. The van der Waals surface area contributed by atoms with E-state index in [-0.39, 0.29) is 22.3 Å². The van der Waals surface area contributed by atoms with Gasteiger partial charge in [0.1, 0.15) is 29.2 Å². The summed E-state index contributed by atoms with van der Waals surface area (Å²) >= 11 is 0. The molecular formula is C32H12F6N4O2. The molecule has 0 unspecified atom stereocenters. The molecule has 4 aromatic rings. The van der Waals surface area contributed by atoms with Gasteiger partial charge in [0, 0.05) is 16.7 Å². The Morgan fingerprint density at radius 3 is 1.16 bits per heavy atom. The average molecular weight is 598 g/mol. The summed E-state index contributed by atoms with van der Waals surface area (Å²) in [4.78, 5) is 0. The first-order valence-corrected chi connectivity index (χ1v) is 12.3. The van der Waals surface area contributed by atoms with Crippen LogP contribution in [-0.4, -0.2) is 12.7 Å². The quantitative estimate of drug-likeness (QED) is 0.152. The van der Waals surface area contributed by atoms with E-state index in [2.05, 4.69) is 9.47 Å². The second kappa shape index (κ2) is 10.9. The molecule has 0 saturated carbocycles. The van der Waals surface area contributed by atoms with Crippen LogP contribution in [0, 0.1) is 45.3 Å². The van der Waals surface area contributed by atoms with Crippen LogP contribution in [0.4, 0.5) is 26.3 Å². The molecule has 4 aromatic carbocycles. The van der Waals surface area contributed by atoms with E-state index in [1.54, 1.807) is 12.1 Å². The maximum Gasteiger partial charge on any atom is 0.573 e. The van der Waals surface area contributed by atoms with Gasteiger partial charge < -0.3 is 9.47 Å². The van der Waals surface area contributed by atoms with Gasteiger partial charge in [0.15, 0.2) is 0 Å². The molecular weight excluding hydrogens is 586 g/mol. The summed E-state index contributed by atoms with van der Waals surface area (Å²) in [6.07, 6.45) is -9.80. The number of rotatable bonds is 4. The molecule has 0 bridgehead atoms. The Balaban J connectivity index is 1.71. The standard InChI is InChI=1S/C32H12F6N4O2/c33-31(34,35)43-22-5-1-17(2-6-22)24-11-26-27-12-25(18-3-7-23(8-4-18)44-32(36,37)38)20(14-40)10-29(27)30(21(15-41)16-42)28(26)9-19(24)13-39/h1-12H. The summed E-state index contributed by atoms with van der Waals surface area (Å²) < 4.78 is 83.7. The van der Waals surface area contributed by atoms with E-state index in [1.165, 1.54) is 36.4 Å². The van der Waals surface area contributed by atoms with E-state index in [0.29, 0.717) is 44.5 Å². The van der Waals surface area contributed by atoms with Gasteiger partial charge in [0.2, 0.25) is 0 Å². The minimum Gasteiger partial charge on any atom is -0.406 e. The van der Waals surface area contributed by atoms with Crippen molar-refractivity contribution in [3.8, 4) is 69.2 Å². The molecule has 0 saturated heterocycles. The summed E-state index contributed by atoms with van der Waals surface area (Å²) in [5.41, 5.74) is 3.03. The van der Waals surface area contributed by atoms with Crippen LogP contribution in [-0.2, 0) is 0 Å². The smallest absolute Gasteiger partial charge is 0.406 e. The largest absolute Gasteiger partial charge is 0.573 e. The second-order valence-electron chi connectivity index (χ2n) is 9.23. The lowest BCUT2D eigenvalue weighted by Crippen LogP contribution is -2.16. The number of fused-ring (bicyclic) bond motifs is 3. The van der Waals surface area contributed by atoms with Crippen LogP contribution in [0.5, 0.6) is 11.5 Å². The van der Waals surface area contributed by atoms with Crippen LogP contribution in [0.15, 0.2) is 78.4 Å². The molecule has 5 rings (SSSR count). The first-order valence-electron chi connectivity index (χ1n) is 12.3. The van der Waals surface area contributed by atoms with Crippen molar-refractivity contribution in [1.29, 1.82) is 21.0 Å². The van der Waals surface area contributed by atoms with Crippen molar-refractivity contribution in [3.05, 3.63) is 101 Å². The van der Waals surface area contributed by atoms with Crippen molar-refractivity contribution in [2.24, 2.45) is 0 Å². The number of allylic oxidation sites excluding steroid dienone is 1. The van der Waals surface area contributed by atoms with E-state index in [4.69, 9.17) is 0 Å². The summed E-state index contributed by atoms with van der Waals surface area (Å²) in [7, 11) is 0. The number of ether oxygens (including phenoxy) is 2. The fourth-order valence-electron chi connectivity index (χ4n) is 4.94. The van der Waals surface area contributed by atoms with E-state index in [0.717, 1.165) is 24.3 Å². The lowest BCUT2D eigenvalue weighted by atomic mass is 9.92. The van der Waals surface area contributed by atoms with Gasteiger partial charge in [-0.25, -0.2) is 0 Å². The second-order valence-corrected chi connectivity index (χ2v) is 9.23. The Morgan fingerprint density at radius 2 is 0.864 bits per heavy atom. The number of nitrogens with zero attached hydrogens (tertiary/aromatic N) is 4. The molecule has 0 radical (unpaired) electrons. The molecule has 0 heterocycles. The molecule has 0 atom stereocenters. The molecule has 12 heteroatoms. The third kappa shape index (κ3) is 5.61. The first-order chi connectivity index (χ1) is 20.9. The lowest BCUT2D eigenvalue weighted by molar-refractivity contribution is -0.275. The topological polar surface area (TPSA) is 114 Å². The third-order valence-electron chi connectivity index (χ3n) is 6.66. The summed E-state index contributed by atoms with van der Waals surface area (Å²) in [5.74, 6) is -0.936. The van der Waals surface area contributed by atoms with Crippen molar-refractivity contribution in [2.45, 2.75) is 12.7 Å². The van der Waals surface area contributed by atoms with Crippen LogP contribution in [0.1, 0.15) is 22.3 Å².